The number of rotatable bonds is 19. The third kappa shape index (κ3) is 20.0. The van der Waals surface area contributed by atoms with Crippen LogP contribution < -0.4 is 0 Å². The lowest BCUT2D eigenvalue weighted by Gasteiger charge is -2.03. The van der Waals surface area contributed by atoms with Crippen LogP contribution in [-0.4, -0.2) is 18.4 Å². The number of pyridine rings is 1. The van der Waals surface area contributed by atoms with Gasteiger partial charge in [-0.05, 0) is 34.0 Å². The van der Waals surface area contributed by atoms with Crippen molar-refractivity contribution in [1.82, 2.24) is 18.4 Å². The van der Waals surface area contributed by atoms with E-state index in [1.165, 1.54) is 119 Å². The molecular weight excluding hydrogens is 607 g/mol. The van der Waals surface area contributed by atoms with Gasteiger partial charge in [-0.1, -0.05) is 158 Å². The molecule has 0 fully saturated rings. The molecule has 4 nitrogen and oxygen atoms in total. The zero-order valence-electron chi connectivity index (χ0n) is 26.7. The van der Waals surface area contributed by atoms with E-state index in [4.69, 9.17) is 0 Å². The molecule has 0 saturated heterocycles. The first-order valence-corrected chi connectivity index (χ1v) is 17.7. The quantitative estimate of drug-likeness (QED) is 0.0804. The molecule has 4 aromatic rings. The third-order valence-electron chi connectivity index (χ3n) is 7.71. The molecule has 0 aliphatic heterocycles. The smallest absolute Gasteiger partial charge is 0.110 e. The van der Waals surface area contributed by atoms with Crippen LogP contribution in [0, 0.1) is 0 Å². The predicted molar refractivity (Wildman–Crippen MR) is 192 cm³/mol. The van der Waals surface area contributed by atoms with Gasteiger partial charge in [0.05, 0.1) is 5.52 Å². The number of aromatic nitrogens is 3. The van der Waals surface area contributed by atoms with E-state index in [9.17, 15) is 0 Å². The normalized spacial score (nSPS) is 10.8. The minimum Gasteiger partial charge on any atom is -0.346 e. The highest BCUT2D eigenvalue weighted by Gasteiger charge is 2.02. The van der Waals surface area contributed by atoms with E-state index in [0.29, 0.717) is 3.46 Å². The van der Waals surface area contributed by atoms with Gasteiger partial charge in [0.15, 0.2) is 0 Å². The summed E-state index contributed by atoms with van der Waals surface area (Å²) in [6.07, 6.45) is 28.7. The Morgan fingerprint density at radius 1 is 0.591 bits per heavy atom. The van der Waals surface area contributed by atoms with Crippen molar-refractivity contribution < 1.29 is 0 Å². The SMILES string of the molecule is CCCCCCCCCCCCCCCCCCc1cnc(Cc2ccccc2)[nH]1.ClN(Cl)Cl.c1ccc2ncccc2c1. The number of benzene rings is 2. The van der Waals surface area contributed by atoms with Gasteiger partial charge in [0.2, 0.25) is 0 Å². The van der Waals surface area contributed by atoms with E-state index in [1.807, 2.05) is 36.7 Å². The fraction of sp³-hybridized carbons (Fsp3) is 0.514. The first-order valence-electron chi connectivity index (χ1n) is 16.7. The van der Waals surface area contributed by atoms with E-state index in [2.05, 4.69) is 99.7 Å². The van der Waals surface area contributed by atoms with Crippen molar-refractivity contribution in [3.05, 3.63) is 96.2 Å². The number of aryl methyl sites for hydroxylation is 1. The van der Waals surface area contributed by atoms with Crippen LogP contribution in [-0.2, 0) is 12.8 Å². The van der Waals surface area contributed by atoms with Crippen LogP contribution in [0.2, 0.25) is 0 Å². The van der Waals surface area contributed by atoms with Gasteiger partial charge in [0.1, 0.15) is 5.82 Å². The molecule has 2 aromatic carbocycles. The average molecular weight is 660 g/mol. The van der Waals surface area contributed by atoms with Gasteiger partial charge in [-0.15, -0.1) is 0 Å². The van der Waals surface area contributed by atoms with Gasteiger partial charge >= 0.3 is 0 Å². The molecule has 0 amide bonds. The number of hydrogen-bond acceptors (Lipinski definition) is 3. The monoisotopic (exact) mass is 658 g/mol. The second-order valence-electron chi connectivity index (χ2n) is 11.5. The molecule has 0 unspecified atom stereocenters. The summed E-state index contributed by atoms with van der Waals surface area (Å²) in [5, 5.41) is 1.20. The molecule has 0 aliphatic carbocycles. The van der Waals surface area contributed by atoms with Crippen LogP contribution in [0.5, 0.6) is 0 Å². The second kappa shape index (κ2) is 26.1. The molecule has 1 N–H and O–H groups in total. The van der Waals surface area contributed by atoms with Crippen LogP contribution in [0.4, 0.5) is 0 Å². The Morgan fingerprint density at radius 2 is 1.09 bits per heavy atom. The Morgan fingerprint density at radius 3 is 1.66 bits per heavy atom. The van der Waals surface area contributed by atoms with Crippen molar-refractivity contribution in [1.29, 1.82) is 0 Å². The molecule has 0 aliphatic rings. The topological polar surface area (TPSA) is 44.8 Å². The lowest BCUT2D eigenvalue weighted by molar-refractivity contribution is 0.529. The van der Waals surface area contributed by atoms with E-state index in [0.717, 1.165) is 24.2 Å². The lowest BCUT2D eigenvalue weighted by Crippen LogP contribution is -1.91. The zero-order chi connectivity index (χ0) is 31.5. The molecule has 0 atom stereocenters. The Hall–Kier alpha value is -2.11. The van der Waals surface area contributed by atoms with Gasteiger partial charge in [-0.25, -0.2) is 4.98 Å². The first-order chi connectivity index (χ1) is 21.6. The Bertz CT molecular complexity index is 1130. The van der Waals surface area contributed by atoms with Crippen molar-refractivity contribution in [2.24, 2.45) is 0 Å². The van der Waals surface area contributed by atoms with Crippen molar-refractivity contribution in [3.63, 3.8) is 0 Å². The third-order valence-corrected chi connectivity index (χ3v) is 7.71. The van der Waals surface area contributed by atoms with Crippen LogP contribution in [0.15, 0.2) is 79.1 Å². The van der Waals surface area contributed by atoms with Gasteiger partial charge in [-0.3, -0.25) is 4.98 Å². The number of unbranched alkanes of at least 4 members (excludes halogenated alkanes) is 15. The van der Waals surface area contributed by atoms with Crippen molar-refractivity contribution >= 4 is 46.2 Å². The molecule has 0 spiro atoms. The maximum Gasteiger partial charge on any atom is 0.110 e. The summed E-state index contributed by atoms with van der Waals surface area (Å²) in [4.78, 5) is 12.2. The molecule has 44 heavy (non-hydrogen) atoms. The molecule has 242 valence electrons. The van der Waals surface area contributed by atoms with Gasteiger partial charge < -0.3 is 4.98 Å². The minimum absolute atomic E-state index is 0.417. The van der Waals surface area contributed by atoms with Crippen LogP contribution in [0.25, 0.3) is 10.9 Å². The highest BCUT2D eigenvalue weighted by atomic mass is 35.6. The van der Waals surface area contributed by atoms with Gasteiger partial charge in [0.25, 0.3) is 0 Å². The van der Waals surface area contributed by atoms with Gasteiger partial charge in [-0.2, -0.15) is 0 Å². The summed E-state index contributed by atoms with van der Waals surface area (Å²) in [5.41, 5.74) is 3.68. The molecule has 0 bridgehead atoms. The van der Waals surface area contributed by atoms with Crippen LogP contribution in [0.3, 0.4) is 0 Å². The molecular formula is C37H53Cl3N4. The number of para-hydroxylation sites is 1. The molecule has 2 heterocycles. The number of nitrogens with one attached hydrogen (secondary N) is 1. The second-order valence-corrected chi connectivity index (χ2v) is 13.0. The summed E-state index contributed by atoms with van der Waals surface area (Å²) in [7, 11) is 0. The number of halogens is 3. The Labute approximate surface area is 282 Å². The fourth-order valence-corrected chi connectivity index (χ4v) is 5.29. The maximum absolute atomic E-state index is 4.64. The molecule has 4 rings (SSSR count). The average Bonchev–Trinajstić information content (AvgIpc) is 3.48. The minimum atomic E-state index is 0.417. The van der Waals surface area contributed by atoms with Gasteiger partial charge in [0, 0.05) is 65.2 Å². The Balaban J connectivity index is 0.000000392. The highest BCUT2D eigenvalue weighted by Crippen LogP contribution is 2.15. The highest BCUT2D eigenvalue weighted by molar-refractivity contribution is 6.50. The number of imidazole rings is 1. The number of aromatic amines is 1. The number of hydrogen-bond donors (Lipinski definition) is 1. The zero-order valence-corrected chi connectivity index (χ0v) is 29.0. The maximum atomic E-state index is 4.64. The van der Waals surface area contributed by atoms with E-state index >= 15 is 0 Å². The standard InChI is InChI=1S/C28H46N2.C9H7N.Cl3N/c1-2-3-4-5-6-7-8-9-10-11-12-13-14-15-16-20-23-27-25-29-28(30-27)24-26-21-18-17-19-22-26;1-2-6-9-8(4-1)5-3-7-10-9;1-4(2)3/h17-19,21-22,25H,2-16,20,23-24H2,1H3,(H,29,30);1-7H;. The van der Waals surface area contributed by atoms with E-state index in [1.54, 1.807) is 0 Å². The molecule has 2 aromatic heterocycles. The van der Waals surface area contributed by atoms with E-state index < -0.39 is 0 Å². The molecule has 0 saturated carbocycles. The first kappa shape index (κ1) is 38.1. The molecule has 7 heteroatoms. The van der Waals surface area contributed by atoms with Crippen molar-refractivity contribution in [2.75, 3.05) is 0 Å². The van der Waals surface area contributed by atoms with Crippen molar-refractivity contribution in [2.45, 2.75) is 122 Å². The van der Waals surface area contributed by atoms with Crippen LogP contribution >= 0.6 is 35.3 Å². The molecule has 0 radical (unpaired) electrons. The van der Waals surface area contributed by atoms with E-state index in [-0.39, 0.29) is 0 Å². The summed E-state index contributed by atoms with van der Waals surface area (Å²) < 4.78 is 0.417. The summed E-state index contributed by atoms with van der Waals surface area (Å²) in [6, 6.07) is 22.7. The van der Waals surface area contributed by atoms with Crippen LogP contribution in [0.1, 0.15) is 127 Å². The summed E-state index contributed by atoms with van der Waals surface area (Å²) >= 11 is 13.9. The fourth-order valence-electron chi connectivity index (χ4n) is 5.29. The summed E-state index contributed by atoms with van der Waals surface area (Å²) in [6.45, 7) is 2.30. The largest absolute Gasteiger partial charge is 0.346 e. The van der Waals surface area contributed by atoms with Crippen molar-refractivity contribution in [3.8, 4) is 0 Å². The summed E-state index contributed by atoms with van der Waals surface area (Å²) in [5.74, 6) is 1.09. The number of nitrogens with zero attached hydrogens (tertiary/aromatic N) is 3. The lowest BCUT2D eigenvalue weighted by atomic mass is 10.0. The number of fused-ring (bicyclic) bond motifs is 1. The Kier molecular flexibility index (Phi) is 22.6. The predicted octanol–water partition coefficient (Wildman–Crippen LogP) is 12.8. The number of H-pyrrole nitrogens is 1.